The van der Waals surface area contributed by atoms with Gasteiger partial charge in [-0.15, -0.1) is 0 Å². The molecule has 0 aromatic rings. The summed E-state index contributed by atoms with van der Waals surface area (Å²) in [6.45, 7) is -0.736. The normalized spacial score (nSPS) is 11.7. The number of rotatable bonds is 11. The van der Waals surface area contributed by atoms with Crippen molar-refractivity contribution in [2.75, 3.05) is 32.7 Å². The van der Waals surface area contributed by atoms with Crippen LogP contribution in [0.3, 0.4) is 0 Å². The van der Waals surface area contributed by atoms with E-state index in [-0.39, 0.29) is 22.5 Å². The van der Waals surface area contributed by atoms with Crippen LogP contribution in [0.4, 0.5) is 0 Å². The standard InChI is InChI=1S/C11H18N2O8.2ClH.Pd/c1-7(13(5-10(18)19)6-11(20)21)2-12(3-8(14)15)4-9(16)17;;;/h7H,2-6H2,1H3,(H,14,15)(H,16,17)(H,18,19)(H,20,21);2*1H;/q;;;+2/p-2. The van der Waals surface area contributed by atoms with Crippen molar-refractivity contribution < 1.29 is 55.5 Å². The van der Waals surface area contributed by atoms with Crippen LogP contribution in [0.25, 0.3) is 0 Å². The van der Waals surface area contributed by atoms with E-state index in [2.05, 4.69) is 0 Å². The molecule has 0 saturated heterocycles. The van der Waals surface area contributed by atoms with Crippen LogP contribution < -0.4 is 0 Å². The number of nitrogens with zero attached hydrogens (tertiary/aromatic N) is 2. The maximum atomic E-state index is 10.7. The van der Waals surface area contributed by atoms with Gasteiger partial charge in [0, 0.05) is 12.6 Å². The Labute approximate surface area is 154 Å². The molecule has 1 atom stereocenters. The number of hydrogen-bond acceptors (Lipinski definition) is 6. The van der Waals surface area contributed by atoms with Crippen molar-refractivity contribution in [1.29, 1.82) is 0 Å². The summed E-state index contributed by atoms with van der Waals surface area (Å²) in [4.78, 5) is 44.9. The van der Waals surface area contributed by atoms with Crippen molar-refractivity contribution in [2.24, 2.45) is 0 Å². The second-order valence-electron chi connectivity index (χ2n) is 4.54. The van der Waals surface area contributed by atoms with Gasteiger partial charge in [0.1, 0.15) is 0 Å². The minimum atomic E-state index is -1.23. The van der Waals surface area contributed by atoms with Crippen molar-refractivity contribution >= 4 is 42.9 Å². The summed E-state index contributed by atoms with van der Waals surface area (Å²) in [5.74, 6) is -4.92. The summed E-state index contributed by atoms with van der Waals surface area (Å²) in [7, 11) is 9.63. The van der Waals surface area contributed by atoms with Gasteiger partial charge in [0.05, 0.1) is 26.2 Å². The van der Waals surface area contributed by atoms with E-state index in [0.717, 1.165) is 9.80 Å². The van der Waals surface area contributed by atoms with Gasteiger partial charge in [-0.1, -0.05) is 0 Å². The Morgan fingerprint density at radius 2 is 1.12 bits per heavy atom. The summed E-state index contributed by atoms with van der Waals surface area (Å²) in [5.41, 5.74) is 0. The fraction of sp³-hybridized carbons (Fsp3) is 0.636. The van der Waals surface area contributed by atoms with Crippen LogP contribution in [-0.2, 0) is 35.1 Å². The molecule has 144 valence electrons. The van der Waals surface area contributed by atoms with E-state index in [0.29, 0.717) is 0 Å². The Kier molecular flexibility index (Phi) is 15.2. The zero-order valence-electron chi connectivity index (χ0n) is 12.5. The minimum absolute atomic E-state index is 0.0842. The van der Waals surface area contributed by atoms with Crippen LogP contribution in [0.2, 0.25) is 0 Å². The van der Waals surface area contributed by atoms with Crippen molar-refractivity contribution in [1.82, 2.24) is 9.80 Å². The molecule has 24 heavy (non-hydrogen) atoms. The molecule has 0 aliphatic rings. The van der Waals surface area contributed by atoms with E-state index in [9.17, 15) is 19.2 Å². The third-order valence-corrected chi connectivity index (χ3v) is 2.54. The first-order chi connectivity index (χ1) is 11.0. The summed E-state index contributed by atoms with van der Waals surface area (Å²) in [5, 5.41) is 34.9. The van der Waals surface area contributed by atoms with Crippen LogP contribution in [0, 0.1) is 0 Å². The number of halogens is 2. The monoisotopic (exact) mass is 482 g/mol. The first-order valence-electron chi connectivity index (χ1n) is 6.19. The molecule has 0 spiro atoms. The Balaban J connectivity index is 0. The van der Waals surface area contributed by atoms with E-state index in [1.54, 1.807) is 0 Å². The molecular formula is C11H18Cl2N2O8Pd. The van der Waals surface area contributed by atoms with Crippen LogP contribution in [0.15, 0.2) is 0 Å². The quantitative estimate of drug-likeness (QED) is 0.288. The van der Waals surface area contributed by atoms with Crippen LogP contribution >= 0.6 is 19.1 Å². The van der Waals surface area contributed by atoms with Gasteiger partial charge >= 0.3 is 58.9 Å². The number of hydrogen-bond donors (Lipinski definition) is 4. The molecule has 1 unspecified atom stereocenters. The van der Waals surface area contributed by atoms with Crippen molar-refractivity contribution in [2.45, 2.75) is 13.0 Å². The summed E-state index contributed by atoms with van der Waals surface area (Å²) >= 11 is -0.106. The molecule has 10 nitrogen and oxygen atoms in total. The molecule has 0 aromatic heterocycles. The third kappa shape index (κ3) is 15.9. The number of aliphatic carboxylic acids is 4. The first-order valence-corrected chi connectivity index (χ1v) is 10.2. The molecule has 13 heteroatoms. The topological polar surface area (TPSA) is 156 Å². The molecule has 0 radical (unpaired) electrons. The van der Waals surface area contributed by atoms with Gasteiger partial charge in [-0.2, -0.15) is 0 Å². The molecule has 4 N–H and O–H groups in total. The number of carboxylic acid groups (broad SMARTS) is 4. The zero-order chi connectivity index (χ0) is 19.3. The van der Waals surface area contributed by atoms with Crippen molar-refractivity contribution in [3.05, 3.63) is 0 Å². The third-order valence-electron chi connectivity index (χ3n) is 2.54. The molecule has 0 saturated carbocycles. The maximum absolute atomic E-state index is 10.7. The van der Waals surface area contributed by atoms with Gasteiger partial charge in [-0.05, 0) is 6.92 Å². The predicted molar refractivity (Wildman–Crippen MR) is 79.7 cm³/mol. The van der Waals surface area contributed by atoms with Gasteiger partial charge in [0.15, 0.2) is 0 Å². The van der Waals surface area contributed by atoms with Crippen LogP contribution in [0.1, 0.15) is 6.92 Å². The van der Waals surface area contributed by atoms with E-state index < -0.39 is 56.1 Å². The van der Waals surface area contributed by atoms with E-state index in [1.165, 1.54) is 6.92 Å². The van der Waals surface area contributed by atoms with Gasteiger partial charge in [0.2, 0.25) is 0 Å². The Bertz CT molecular complexity index is 408. The number of carboxylic acids is 4. The Hall–Kier alpha value is -0.958. The molecule has 0 bridgehead atoms. The predicted octanol–water partition coefficient (Wildman–Crippen LogP) is -0.306. The molecule has 0 heterocycles. The van der Waals surface area contributed by atoms with E-state index in [1.807, 2.05) is 0 Å². The molecule has 0 aliphatic heterocycles. The fourth-order valence-corrected chi connectivity index (χ4v) is 1.77. The Morgan fingerprint density at radius 3 is 1.38 bits per heavy atom. The SMILES string of the molecule is CC(CN(CC(=O)O)CC(=O)O)N(CC(=O)O)CC(=O)O.[Cl][Pd][Cl]. The van der Waals surface area contributed by atoms with Crippen LogP contribution in [0.5, 0.6) is 0 Å². The molecule has 0 fully saturated rings. The van der Waals surface area contributed by atoms with E-state index in [4.69, 9.17) is 39.5 Å². The number of carbonyl (C=O) groups is 4. The van der Waals surface area contributed by atoms with Crippen LogP contribution in [-0.4, -0.2) is 92.9 Å². The second kappa shape index (κ2) is 14.4. The average Bonchev–Trinajstić information content (AvgIpc) is 2.35. The second-order valence-corrected chi connectivity index (χ2v) is 6.90. The molecule has 0 amide bonds. The Morgan fingerprint density at radius 1 is 0.833 bits per heavy atom. The van der Waals surface area contributed by atoms with E-state index >= 15 is 0 Å². The molecule has 0 aliphatic carbocycles. The van der Waals surface area contributed by atoms with Gasteiger partial charge in [0.25, 0.3) is 0 Å². The summed E-state index contributed by atoms with van der Waals surface area (Å²) in [6, 6.07) is -0.643. The summed E-state index contributed by atoms with van der Waals surface area (Å²) < 4.78 is 0. The first kappa shape index (κ1) is 25.3. The average molecular weight is 484 g/mol. The zero-order valence-corrected chi connectivity index (χ0v) is 15.6. The fourth-order valence-electron chi connectivity index (χ4n) is 1.77. The van der Waals surface area contributed by atoms with Gasteiger partial charge in [-0.3, -0.25) is 29.0 Å². The molecule has 0 rings (SSSR count). The van der Waals surface area contributed by atoms with Gasteiger partial charge in [-0.25, -0.2) is 0 Å². The molecule has 0 aromatic carbocycles. The molecular weight excluding hydrogens is 465 g/mol. The van der Waals surface area contributed by atoms with Crippen molar-refractivity contribution in [3.8, 4) is 0 Å². The summed E-state index contributed by atoms with van der Waals surface area (Å²) in [6.07, 6.45) is 0. The van der Waals surface area contributed by atoms with Gasteiger partial charge < -0.3 is 20.4 Å². The van der Waals surface area contributed by atoms with Crippen molar-refractivity contribution in [3.63, 3.8) is 0 Å².